The van der Waals surface area contributed by atoms with Gasteiger partial charge in [-0.15, -0.1) is 5.10 Å². The maximum absolute atomic E-state index is 4.03. The van der Waals surface area contributed by atoms with Crippen molar-refractivity contribution in [2.45, 2.75) is 26.7 Å². The van der Waals surface area contributed by atoms with Crippen molar-refractivity contribution >= 4 is 0 Å². The number of nitrogens with one attached hydrogen (secondary N) is 1. The summed E-state index contributed by atoms with van der Waals surface area (Å²) in [5, 5.41) is 14.2. The van der Waals surface area contributed by atoms with Crippen LogP contribution >= 0.6 is 0 Å². The Labute approximate surface area is 124 Å². The Morgan fingerprint density at radius 1 is 0.905 bits per heavy atom. The van der Waals surface area contributed by atoms with Crippen LogP contribution in [0.2, 0.25) is 0 Å². The minimum Gasteiger partial charge on any atom is -0.239 e. The van der Waals surface area contributed by atoms with E-state index < -0.39 is 0 Å². The molecule has 0 amide bonds. The summed E-state index contributed by atoms with van der Waals surface area (Å²) in [6, 6.07) is 14.9. The lowest BCUT2D eigenvalue weighted by Gasteiger charge is -2.11. The van der Waals surface area contributed by atoms with Crippen molar-refractivity contribution in [2.75, 3.05) is 0 Å². The lowest BCUT2D eigenvalue weighted by atomic mass is 9.94. The summed E-state index contributed by atoms with van der Waals surface area (Å²) in [7, 11) is 0. The van der Waals surface area contributed by atoms with E-state index in [1.54, 1.807) is 0 Å². The van der Waals surface area contributed by atoms with Gasteiger partial charge in [-0.25, -0.2) is 5.10 Å². The highest BCUT2D eigenvalue weighted by Gasteiger charge is 2.11. The molecule has 0 aliphatic rings. The van der Waals surface area contributed by atoms with E-state index in [9.17, 15) is 0 Å². The summed E-state index contributed by atoms with van der Waals surface area (Å²) >= 11 is 0. The third-order valence-electron chi connectivity index (χ3n) is 3.81. The second-order valence-electron chi connectivity index (χ2n) is 4.99. The van der Waals surface area contributed by atoms with Crippen LogP contribution in [0, 0.1) is 0 Å². The van der Waals surface area contributed by atoms with E-state index in [-0.39, 0.29) is 0 Å². The van der Waals surface area contributed by atoms with Crippen LogP contribution in [0.25, 0.3) is 22.5 Å². The molecule has 4 nitrogen and oxygen atoms in total. The van der Waals surface area contributed by atoms with Crippen LogP contribution in [-0.4, -0.2) is 20.6 Å². The molecule has 0 aliphatic carbocycles. The number of aromatic nitrogens is 4. The van der Waals surface area contributed by atoms with E-state index in [0.29, 0.717) is 5.82 Å². The van der Waals surface area contributed by atoms with Crippen molar-refractivity contribution in [1.29, 1.82) is 0 Å². The molecule has 3 aromatic rings. The Bertz CT molecular complexity index is 732. The first-order valence-electron chi connectivity index (χ1n) is 7.28. The minimum atomic E-state index is 0.697. The van der Waals surface area contributed by atoms with Crippen molar-refractivity contribution in [3.05, 3.63) is 53.6 Å². The Morgan fingerprint density at radius 2 is 1.67 bits per heavy atom. The van der Waals surface area contributed by atoms with Gasteiger partial charge in [0.2, 0.25) is 0 Å². The van der Waals surface area contributed by atoms with Gasteiger partial charge in [0, 0.05) is 5.56 Å². The number of hydrogen-bond acceptors (Lipinski definition) is 3. The molecular weight excluding hydrogens is 260 g/mol. The minimum absolute atomic E-state index is 0.697. The fraction of sp³-hybridized carbons (Fsp3) is 0.235. The third kappa shape index (κ3) is 2.57. The molecule has 4 heteroatoms. The van der Waals surface area contributed by atoms with Gasteiger partial charge in [-0.3, -0.25) is 0 Å². The molecule has 0 spiro atoms. The quantitative estimate of drug-likeness (QED) is 0.792. The van der Waals surface area contributed by atoms with Gasteiger partial charge < -0.3 is 0 Å². The highest BCUT2D eigenvalue weighted by Crippen LogP contribution is 2.31. The number of benzene rings is 2. The summed E-state index contributed by atoms with van der Waals surface area (Å²) in [5.74, 6) is 0.697. The second kappa shape index (κ2) is 5.87. The average molecular weight is 278 g/mol. The lowest BCUT2D eigenvalue weighted by Crippen LogP contribution is -1.93. The summed E-state index contributed by atoms with van der Waals surface area (Å²) in [6.07, 6.45) is 2.11. The molecule has 106 valence electrons. The predicted molar refractivity (Wildman–Crippen MR) is 83.8 cm³/mol. The molecular formula is C17H18N4. The SMILES string of the molecule is CCc1ccc(-c2ccccc2-c2nnn[nH]2)cc1CC. The zero-order valence-corrected chi connectivity index (χ0v) is 12.3. The summed E-state index contributed by atoms with van der Waals surface area (Å²) in [4.78, 5) is 0. The largest absolute Gasteiger partial charge is 0.239 e. The van der Waals surface area contributed by atoms with Crippen LogP contribution < -0.4 is 0 Å². The van der Waals surface area contributed by atoms with Crippen LogP contribution in [0.1, 0.15) is 25.0 Å². The van der Waals surface area contributed by atoms with E-state index in [2.05, 4.69) is 58.7 Å². The fourth-order valence-corrected chi connectivity index (χ4v) is 2.68. The second-order valence-corrected chi connectivity index (χ2v) is 4.99. The molecule has 1 heterocycles. The van der Waals surface area contributed by atoms with E-state index in [1.807, 2.05) is 18.2 Å². The Morgan fingerprint density at radius 3 is 2.33 bits per heavy atom. The number of tetrazole rings is 1. The topological polar surface area (TPSA) is 54.5 Å². The molecule has 1 aromatic heterocycles. The van der Waals surface area contributed by atoms with Crippen LogP contribution in [0.3, 0.4) is 0 Å². The molecule has 0 unspecified atom stereocenters. The molecule has 0 aliphatic heterocycles. The smallest absolute Gasteiger partial charge is 0.180 e. The molecule has 3 rings (SSSR count). The number of aromatic amines is 1. The highest BCUT2D eigenvalue weighted by molar-refractivity contribution is 5.80. The van der Waals surface area contributed by atoms with E-state index in [4.69, 9.17) is 0 Å². The van der Waals surface area contributed by atoms with Crippen molar-refractivity contribution in [3.63, 3.8) is 0 Å². The van der Waals surface area contributed by atoms with Crippen molar-refractivity contribution < 1.29 is 0 Å². The van der Waals surface area contributed by atoms with Crippen LogP contribution in [0.15, 0.2) is 42.5 Å². The van der Waals surface area contributed by atoms with Crippen LogP contribution in [-0.2, 0) is 12.8 Å². The normalized spacial score (nSPS) is 10.8. The van der Waals surface area contributed by atoms with Gasteiger partial charge in [0.15, 0.2) is 5.82 Å². The first kappa shape index (κ1) is 13.5. The number of H-pyrrole nitrogens is 1. The molecule has 0 bridgehead atoms. The van der Waals surface area contributed by atoms with Crippen molar-refractivity contribution in [1.82, 2.24) is 20.6 Å². The molecule has 1 N–H and O–H groups in total. The lowest BCUT2D eigenvalue weighted by molar-refractivity contribution is 0.881. The molecule has 21 heavy (non-hydrogen) atoms. The molecule has 0 saturated heterocycles. The zero-order chi connectivity index (χ0) is 14.7. The highest BCUT2D eigenvalue weighted by atomic mass is 15.5. The van der Waals surface area contributed by atoms with Crippen molar-refractivity contribution in [2.24, 2.45) is 0 Å². The number of aryl methyl sites for hydroxylation is 2. The van der Waals surface area contributed by atoms with E-state index >= 15 is 0 Å². The van der Waals surface area contributed by atoms with E-state index in [1.165, 1.54) is 16.7 Å². The first-order valence-corrected chi connectivity index (χ1v) is 7.28. The summed E-state index contributed by atoms with van der Waals surface area (Å²) < 4.78 is 0. The summed E-state index contributed by atoms with van der Waals surface area (Å²) in [6.45, 7) is 4.40. The zero-order valence-electron chi connectivity index (χ0n) is 12.3. The van der Waals surface area contributed by atoms with Gasteiger partial charge in [0.1, 0.15) is 0 Å². The maximum Gasteiger partial charge on any atom is 0.180 e. The monoisotopic (exact) mass is 278 g/mol. The fourth-order valence-electron chi connectivity index (χ4n) is 2.68. The van der Waals surface area contributed by atoms with Crippen molar-refractivity contribution in [3.8, 4) is 22.5 Å². The van der Waals surface area contributed by atoms with Gasteiger partial charge in [-0.05, 0) is 45.5 Å². The number of rotatable bonds is 4. The molecule has 0 radical (unpaired) electrons. The first-order chi connectivity index (χ1) is 10.3. The Hall–Kier alpha value is -2.49. The molecule has 0 fully saturated rings. The Balaban J connectivity index is 2.13. The summed E-state index contributed by atoms with van der Waals surface area (Å²) in [5.41, 5.74) is 6.19. The number of hydrogen-bond donors (Lipinski definition) is 1. The van der Waals surface area contributed by atoms with Crippen LogP contribution in [0.5, 0.6) is 0 Å². The third-order valence-corrected chi connectivity index (χ3v) is 3.81. The van der Waals surface area contributed by atoms with Gasteiger partial charge >= 0.3 is 0 Å². The van der Waals surface area contributed by atoms with E-state index in [0.717, 1.165) is 24.0 Å². The maximum atomic E-state index is 4.03. The van der Waals surface area contributed by atoms with Gasteiger partial charge in [0.25, 0.3) is 0 Å². The Kier molecular flexibility index (Phi) is 3.77. The molecule has 2 aromatic carbocycles. The van der Waals surface area contributed by atoms with Gasteiger partial charge in [-0.2, -0.15) is 0 Å². The van der Waals surface area contributed by atoms with Gasteiger partial charge in [0.05, 0.1) is 0 Å². The average Bonchev–Trinajstić information content (AvgIpc) is 3.08. The molecule has 0 atom stereocenters. The van der Waals surface area contributed by atoms with Gasteiger partial charge in [-0.1, -0.05) is 56.3 Å². The predicted octanol–water partition coefficient (Wildman–Crippen LogP) is 3.66. The number of nitrogens with zero attached hydrogens (tertiary/aromatic N) is 3. The molecule has 0 saturated carbocycles. The standard InChI is InChI=1S/C17H18N4/c1-3-12-9-10-14(11-13(12)4-2)15-7-5-6-8-16(15)17-18-20-21-19-17/h5-11H,3-4H2,1-2H3,(H,18,19,20,21). The van der Waals surface area contributed by atoms with Crippen LogP contribution in [0.4, 0.5) is 0 Å².